The molecule has 7 heteroatoms. The zero-order valence-electron chi connectivity index (χ0n) is 15.3. The summed E-state index contributed by atoms with van der Waals surface area (Å²) in [6.45, 7) is 5.31. The first kappa shape index (κ1) is 19.3. The lowest BCUT2D eigenvalue weighted by atomic mass is 10.2. The molecule has 3 rings (SSSR count). The van der Waals surface area contributed by atoms with Gasteiger partial charge in [-0.3, -0.25) is 4.79 Å². The summed E-state index contributed by atoms with van der Waals surface area (Å²) in [5, 5.41) is 0. The minimum absolute atomic E-state index is 0.154. The number of hydrogen-bond acceptors (Lipinski definition) is 4. The number of aromatic nitrogens is 1. The van der Waals surface area contributed by atoms with Crippen LogP contribution in [-0.2, 0) is 16.1 Å². The molecule has 3 aromatic rings. The quantitative estimate of drug-likeness (QED) is 0.580. The summed E-state index contributed by atoms with van der Waals surface area (Å²) in [6.07, 6.45) is 0. The first-order valence-electron chi connectivity index (χ1n) is 8.71. The lowest BCUT2D eigenvalue weighted by Gasteiger charge is -2.07. The minimum atomic E-state index is -0.393. The fourth-order valence-corrected chi connectivity index (χ4v) is 3.74. The number of amides is 1. The second-order valence-corrected chi connectivity index (χ2v) is 6.91. The molecule has 0 atom stereocenters. The first-order chi connectivity index (χ1) is 13.1. The third-order valence-corrected chi connectivity index (χ3v) is 5.01. The number of halogens is 1. The van der Waals surface area contributed by atoms with Gasteiger partial charge >= 0.3 is 0 Å². The second-order valence-electron chi connectivity index (χ2n) is 5.90. The van der Waals surface area contributed by atoms with E-state index in [-0.39, 0.29) is 12.4 Å². The van der Waals surface area contributed by atoms with Gasteiger partial charge in [-0.25, -0.2) is 4.39 Å². The van der Waals surface area contributed by atoms with Crippen molar-refractivity contribution in [2.45, 2.75) is 20.4 Å². The van der Waals surface area contributed by atoms with Crippen LogP contribution < -0.4 is 9.54 Å². The van der Waals surface area contributed by atoms with E-state index in [0.717, 1.165) is 15.8 Å². The average molecular weight is 388 g/mol. The van der Waals surface area contributed by atoms with Gasteiger partial charge < -0.3 is 14.0 Å². The first-order valence-corrected chi connectivity index (χ1v) is 9.52. The van der Waals surface area contributed by atoms with Crippen molar-refractivity contribution in [3.63, 3.8) is 0 Å². The van der Waals surface area contributed by atoms with Crippen molar-refractivity contribution in [2.75, 3.05) is 19.8 Å². The molecule has 0 unspecified atom stereocenters. The molecule has 1 heterocycles. The van der Waals surface area contributed by atoms with Crippen LogP contribution in [-0.4, -0.2) is 30.3 Å². The molecule has 142 valence electrons. The van der Waals surface area contributed by atoms with Crippen LogP contribution in [0.15, 0.2) is 47.5 Å². The topological polar surface area (TPSA) is 52.8 Å². The van der Waals surface area contributed by atoms with Crippen molar-refractivity contribution in [3.05, 3.63) is 58.6 Å². The number of hydrogen-bond donors (Lipinski definition) is 0. The molecule has 0 radical (unpaired) electrons. The van der Waals surface area contributed by atoms with E-state index in [1.54, 1.807) is 6.07 Å². The summed E-state index contributed by atoms with van der Waals surface area (Å²) < 4.78 is 27.1. The summed E-state index contributed by atoms with van der Waals surface area (Å²) in [5.74, 6) is -0.0550. The minimum Gasteiger partial charge on any atom is -0.483 e. The largest absolute Gasteiger partial charge is 0.483 e. The predicted octanol–water partition coefficient (Wildman–Crippen LogP) is 3.69. The molecule has 0 aliphatic rings. The van der Waals surface area contributed by atoms with Gasteiger partial charge in [-0.1, -0.05) is 29.5 Å². The fraction of sp³-hybridized carbons (Fsp3) is 0.300. The summed E-state index contributed by atoms with van der Waals surface area (Å²) in [4.78, 5) is 17.0. The Bertz CT molecular complexity index is 1010. The van der Waals surface area contributed by atoms with Gasteiger partial charge in [0.25, 0.3) is 5.91 Å². The van der Waals surface area contributed by atoms with E-state index in [9.17, 15) is 9.18 Å². The lowest BCUT2D eigenvalue weighted by molar-refractivity contribution is -0.120. The third kappa shape index (κ3) is 4.81. The van der Waals surface area contributed by atoms with Gasteiger partial charge in [-0.05, 0) is 43.7 Å². The van der Waals surface area contributed by atoms with Crippen molar-refractivity contribution in [3.8, 4) is 5.75 Å². The smallest absolute Gasteiger partial charge is 0.286 e. The fourth-order valence-electron chi connectivity index (χ4n) is 2.65. The van der Waals surface area contributed by atoms with Gasteiger partial charge in [0.15, 0.2) is 11.4 Å². The van der Waals surface area contributed by atoms with Gasteiger partial charge in [0.05, 0.1) is 16.8 Å². The maximum Gasteiger partial charge on any atom is 0.286 e. The Balaban J connectivity index is 1.85. The molecule has 0 saturated heterocycles. The molecule has 0 bridgehead atoms. The number of nitrogens with zero attached hydrogens (tertiary/aromatic N) is 2. The van der Waals surface area contributed by atoms with Crippen molar-refractivity contribution in [1.82, 2.24) is 4.57 Å². The van der Waals surface area contributed by atoms with Crippen LogP contribution in [0.1, 0.15) is 12.5 Å². The monoisotopic (exact) mass is 388 g/mol. The molecule has 1 amide bonds. The van der Waals surface area contributed by atoms with Crippen LogP contribution in [0, 0.1) is 12.7 Å². The zero-order chi connectivity index (χ0) is 19.2. The maximum absolute atomic E-state index is 13.5. The zero-order valence-corrected chi connectivity index (χ0v) is 16.1. The van der Waals surface area contributed by atoms with E-state index in [1.807, 2.05) is 42.7 Å². The predicted molar refractivity (Wildman–Crippen MR) is 104 cm³/mol. The molecule has 0 aliphatic heterocycles. The number of fused-ring (bicyclic) bond motifs is 1. The normalized spacial score (nSPS) is 11.9. The Hall–Kier alpha value is -2.51. The van der Waals surface area contributed by atoms with Crippen molar-refractivity contribution >= 4 is 27.5 Å². The number of carbonyl (C=O) groups is 1. The highest BCUT2D eigenvalue weighted by molar-refractivity contribution is 7.16. The summed E-state index contributed by atoms with van der Waals surface area (Å²) in [5.41, 5.74) is 1.78. The SMILES string of the molecule is CCOCCn1c(=NC(=O)COc2ccccc2C)sc2cc(F)ccc21. The summed E-state index contributed by atoms with van der Waals surface area (Å²) in [6, 6.07) is 12.0. The van der Waals surface area contributed by atoms with Crippen LogP contribution in [0.25, 0.3) is 10.2 Å². The Morgan fingerprint density at radius 2 is 2.07 bits per heavy atom. The molecule has 0 fully saturated rings. The molecule has 5 nitrogen and oxygen atoms in total. The number of carbonyl (C=O) groups excluding carboxylic acids is 1. The standard InChI is InChI=1S/C20H21FN2O3S/c1-3-25-11-10-23-16-9-8-15(21)12-18(16)27-20(23)22-19(24)13-26-17-7-5-4-6-14(17)2/h4-9,12H,3,10-11,13H2,1-2H3. The third-order valence-electron chi connectivity index (χ3n) is 3.97. The van der Waals surface area contributed by atoms with Crippen LogP contribution in [0.3, 0.4) is 0 Å². The number of para-hydroxylation sites is 1. The molecular weight excluding hydrogens is 367 g/mol. The highest BCUT2D eigenvalue weighted by Crippen LogP contribution is 2.19. The Morgan fingerprint density at radius 3 is 2.85 bits per heavy atom. The summed E-state index contributed by atoms with van der Waals surface area (Å²) in [7, 11) is 0. The molecule has 0 N–H and O–H groups in total. The lowest BCUT2D eigenvalue weighted by Crippen LogP contribution is -2.21. The molecule has 27 heavy (non-hydrogen) atoms. The van der Waals surface area contributed by atoms with Gasteiger partial charge in [0.2, 0.25) is 0 Å². The van der Waals surface area contributed by atoms with Crippen LogP contribution in [0.4, 0.5) is 4.39 Å². The van der Waals surface area contributed by atoms with E-state index in [2.05, 4.69) is 4.99 Å². The number of thiazole rings is 1. The van der Waals surface area contributed by atoms with Crippen LogP contribution >= 0.6 is 11.3 Å². The average Bonchev–Trinajstić information content (AvgIpc) is 2.97. The number of ether oxygens (including phenoxy) is 2. The van der Waals surface area contributed by atoms with Crippen LogP contribution in [0.2, 0.25) is 0 Å². The number of rotatable bonds is 7. The van der Waals surface area contributed by atoms with E-state index in [0.29, 0.717) is 30.3 Å². The molecule has 2 aromatic carbocycles. The van der Waals surface area contributed by atoms with Crippen LogP contribution in [0.5, 0.6) is 5.75 Å². The molecule has 0 saturated carbocycles. The van der Waals surface area contributed by atoms with Crippen molar-refractivity contribution < 1.29 is 18.7 Å². The molecule has 0 spiro atoms. The number of aryl methyl sites for hydroxylation is 1. The van der Waals surface area contributed by atoms with Gasteiger partial charge in [0, 0.05) is 13.2 Å². The van der Waals surface area contributed by atoms with E-state index >= 15 is 0 Å². The Kier molecular flexibility index (Phi) is 6.36. The van der Waals surface area contributed by atoms with Gasteiger partial charge in [-0.2, -0.15) is 4.99 Å². The Morgan fingerprint density at radius 1 is 1.26 bits per heavy atom. The van der Waals surface area contributed by atoms with Gasteiger partial charge in [0.1, 0.15) is 11.6 Å². The van der Waals surface area contributed by atoms with E-state index in [1.165, 1.54) is 23.5 Å². The highest BCUT2D eigenvalue weighted by atomic mass is 32.1. The van der Waals surface area contributed by atoms with Gasteiger partial charge in [-0.15, -0.1) is 0 Å². The van der Waals surface area contributed by atoms with Crippen molar-refractivity contribution in [1.29, 1.82) is 0 Å². The number of benzene rings is 2. The molecule has 1 aromatic heterocycles. The van der Waals surface area contributed by atoms with E-state index < -0.39 is 5.91 Å². The second kappa shape index (κ2) is 8.92. The maximum atomic E-state index is 13.5. The van der Waals surface area contributed by atoms with E-state index in [4.69, 9.17) is 9.47 Å². The highest BCUT2D eigenvalue weighted by Gasteiger charge is 2.10. The Labute approximate surface area is 160 Å². The molecular formula is C20H21FN2O3S. The molecule has 0 aliphatic carbocycles. The summed E-state index contributed by atoms with van der Waals surface area (Å²) >= 11 is 1.27. The van der Waals surface area contributed by atoms with Crippen molar-refractivity contribution in [2.24, 2.45) is 4.99 Å².